The Bertz CT molecular complexity index is 915. The van der Waals surface area contributed by atoms with Gasteiger partial charge in [-0.2, -0.15) is 13.2 Å². The van der Waals surface area contributed by atoms with Crippen molar-refractivity contribution in [1.29, 1.82) is 0 Å². The molecule has 3 N–H and O–H groups in total. The highest BCUT2D eigenvalue weighted by atomic mass is 19.4. The number of fused-ring (bicyclic) bond motifs is 1. The molecule has 144 valence electrons. The maximum atomic E-state index is 13.2. The molecule has 0 aliphatic heterocycles. The van der Waals surface area contributed by atoms with Gasteiger partial charge in [0.1, 0.15) is 5.75 Å². The number of aromatic nitrogens is 1. The summed E-state index contributed by atoms with van der Waals surface area (Å²) >= 11 is 0. The minimum absolute atomic E-state index is 0.512. The van der Waals surface area contributed by atoms with Gasteiger partial charge < -0.3 is 15.5 Å². The Labute approximate surface area is 156 Å². The number of aryl methyl sites for hydroxylation is 1. The first kappa shape index (κ1) is 19.3. The van der Waals surface area contributed by atoms with Crippen LogP contribution in [0.15, 0.2) is 42.5 Å². The van der Waals surface area contributed by atoms with Crippen LogP contribution in [-0.4, -0.2) is 18.1 Å². The lowest BCUT2D eigenvalue weighted by Gasteiger charge is -2.11. The Morgan fingerprint density at radius 3 is 2.56 bits per heavy atom. The molecule has 0 aliphatic rings. The van der Waals surface area contributed by atoms with E-state index in [0.717, 1.165) is 35.7 Å². The van der Waals surface area contributed by atoms with Crippen LogP contribution in [0.2, 0.25) is 0 Å². The number of benzene rings is 2. The number of hydrogen-bond acceptors (Lipinski definition) is 2. The Kier molecular flexibility index (Phi) is 5.75. The highest BCUT2D eigenvalue weighted by Crippen LogP contribution is 2.39. The summed E-state index contributed by atoms with van der Waals surface area (Å²) in [5.74, 6) is 0.711. The Morgan fingerprint density at radius 2 is 1.85 bits per heavy atom. The van der Waals surface area contributed by atoms with Crippen LogP contribution in [0.1, 0.15) is 30.9 Å². The number of para-hydroxylation sites is 1. The first-order valence-corrected chi connectivity index (χ1v) is 9.09. The average molecular weight is 376 g/mol. The van der Waals surface area contributed by atoms with E-state index in [-0.39, 0.29) is 0 Å². The quantitative estimate of drug-likeness (QED) is 0.533. The zero-order valence-electron chi connectivity index (χ0n) is 15.2. The van der Waals surface area contributed by atoms with E-state index in [9.17, 15) is 13.2 Å². The maximum absolute atomic E-state index is 13.2. The molecule has 3 nitrogen and oxygen atoms in total. The summed E-state index contributed by atoms with van der Waals surface area (Å²) in [4.78, 5) is 3.31. The number of H-pyrrole nitrogens is 1. The minimum Gasteiger partial charge on any atom is -0.493 e. The highest BCUT2D eigenvalue weighted by molar-refractivity contribution is 5.92. The van der Waals surface area contributed by atoms with E-state index in [4.69, 9.17) is 10.5 Å². The zero-order chi connectivity index (χ0) is 19.4. The molecule has 3 rings (SSSR count). The van der Waals surface area contributed by atoms with E-state index in [1.165, 1.54) is 12.1 Å². The van der Waals surface area contributed by atoms with E-state index in [0.29, 0.717) is 36.2 Å². The number of halogens is 3. The number of ether oxygens (including phenoxy) is 1. The number of nitrogens with two attached hydrogens (primary N) is 1. The predicted molar refractivity (Wildman–Crippen MR) is 102 cm³/mol. The van der Waals surface area contributed by atoms with Gasteiger partial charge in [0, 0.05) is 16.5 Å². The lowest BCUT2D eigenvalue weighted by molar-refractivity contribution is -0.137. The molecule has 27 heavy (non-hydrogen) atoms. The van der Waals surface area contributed by atoms with Crippen LogP contribution in [0.3, 0.4) is 0 Å². The second-order valence-electron chi connectivity index (χ2n) is 6.41. The second-order valence-corrected chi connectivity index (χ2v) is 6.41. The second kappa shape index (κ2) is 8.05. The Morgan fingerprint density at radius 1 is 1.07 bits per heavy atom. The van der Waals surface area contributed by atoms with Gasteiger partial charge in [-0.15, -0.1) is 0 Å². The maximum Gasteiger partial charge on any atom is 0.416 e. The third-order valence-electron chi connectivity index (χ3n) is 4.57. The van der Waals surface area contributed by atoms with Crippen LogP contribution >= 0.6 is 0 Å². The molecule has 0 atom stereocenters. The summed E-state index contributed by atoms with van der Waals surface area (Å²) < 4.78 is 45.3. The molecule has 0 saturated heterocycles. The highest BCUT2D eigenvalue weighted by Gasteiger charge is 2.31. The summed E-state index contributed by atoms with van der Waals surface area (Å²) in [5.41, 5.74) is 8.18. The molecule has 1 aromatic heterocycles. The normalized spacial score (nSPS) is 11.9. The number of alkyl halides is 3. The van der Waals surface area contributed by atoms with E-state index >= 15 is 0 Å². The van der Waals surface area contributed by atoms with Gasteiger partial charge in [0.25, 0.3) is 0 Å². The van der Waals surface area contributed by atoms with Crippen LogP contribution in [0.4, 0.5) is 13.2 Å². The molecule has 0 radical (unpaired) electrons. The van der Waals surface area contributed by atoms with E-state index in [2.05, 4.69) is 4.98 Å². The van der Waals surface area contributed by atoms with Crippen LogP contribution < -0.4 is 10.5 Å². The third kappa shape index (κ3) is 4.11. The van der Waals surface area contributed by atoms with Gasteiger partial charge in [-0.1, -0.05) is 12.1 Å². The lowest BCUT2D eigenvalue weighted by Crippen LogP contribution is -2.04. The van der Waals surface area contributed by atoms with Crippen LogP contribution in [0.25, 0.3) is 22.2 Å². The molecule has 0 fully saturated rings. The molecule has 0 unspecified atom stereocenters. The van der Waals surface area contributed by atoms with Crippen molar-refractivity contribution < 1.29 is 17.9 Å². The molecule has 3 aromatic rings. The molecular formula is C21H23F3N2O. The largest absolute Gasteiger partial charge is 0.493 e. The fourth-order valence-electron chi connectivity index (χ4n) is 3.31. The summed E-state index contributed by atoms with van der Waals surface area (Å²) in [6, 6.07) is 11.4. The fraction of sp³-hybridized carbons (Fsp3) is 0.333. The summed E-state index contributed by atoms with van der Waals surface area (Å²) in [7, 11) is 0. The smallest absolute Gasteiger partial charge is 0.416 e. The molecule has 0 aliphatic carbocycles. The third-order valence-corrected chi connectivity index (χ3v) is 4.57. The van der Waals surface area contributed by atoms with E-state index in [1.807, 2.05) is 31.2 Å². The van der Waals surface area contributed by atoms with Crippen molar-refractivity contribution in [2.75, 3.05) is 13.2 Å². The Balaban J connectivity index is 2.18. The number of hydrogen-bond donors (Lipinski definition) is 2. The molecule has 0 bridgehead atoms. The molecule has 0 saturated carbocycles. The average Bonchev–Trinajstić information content (AvgIpc) is 3.00. The number of unbranched alkanes of at least 4 members (excludes halogenated alkanes) is 1. The van der Waals surface area contributed by atoms with Gasteiger partial charge >= 0.3 is 6.18 Å². The molecule has 1 heterocycles. The number of rotatable bonds is 7. The first-order chi connectivity index (χ1) is 13.0. The van der Waals surface area contributed by atoms with E-state index in [1.54, 1.807) is 0 Å². The summed E-state index contributed by atoms with van der Waals surface area (Å²) in [6.07, 6.45) is -2.10. The minimum atomic E-state index is -4.37. The summed E-state index contributed by atoms with van der Waals surface area (Å²) in [5, 5.41) is 0.600. The molecule has 0 amide bonds. The number of aromatic amines is 1. The number of nitrogens with one attached hydrogen (secondary N) is 1. The molecular weight excluding hydrogens is 353 g/mol. The van der Waals surface area contributed by atoms with Crippen LogP contribution in [0.5, 0.6) is 5.75 Å². The van der Waals surface area contributed by atoms with Gasteiger partial charge in [-0.25, -0.2) is 0 Å². The van der Waals surface area contributed by atoms with Gasteiger partial charge in [-0.05, 0) is 68.6 Å². The Hall–Kier alpha value is -2.47. The van der Waals surface area contributed by atoms with Gasteiger partial charge in [0.2, 0.25) is 0 Å². The van der Waals surface area contributed by atoms with Crippen molar-refractivity contribution in [3.63, 3.8) is 0 Å². The van der Waals surface area contributed by atoms with Crippen molar-refractivity contribution in [2.24, 2.45) is 5.73 Å². The predicted octanol–water partition coefficient (Wildman–Crippen LogP) is 5.53. The van der Waals surface area contributed by atoms with E-state index < -0.39 is 11.7 Å². The van der Waals surface area contributed by atoms with Crippen molar-refractivity contribution in [2.45, 2.75) is 32.4 Å². The lowest BCUT2D eigenvalue weighted by atomic mass is 9.98. The van der Waals surface area contributed by atoms with Crippen molar-refractivity contribution in [3.8, 4) is 17.0 Å². The van der Waals surface area contributed by atoms with Gasteiger partial charge in [0.05, 0.1) is 17.9 Å². The van der Waals surface area contributed by atoms with Gasteiger partial charge in [-0.3, -0.25) is 0 Å². The standard InChI is InChI=1S/C21H23F3N2O/c1-2-27-19-9-4-3-8-16(19)20-15(7-5-6-12-25)17-13-14(21(22,23)24)10-11-18(17)26-20/h3-4,8-11,13,26H,2,5-7,12,25H2,1H3. The van der Waals surface area contributed by atoms with Crippen LogP contribution in [0, 0.1) is 0 Å². The van der Waals surface area contributed by atoms with Crippen molar-refractivity contribution >= 4 is 10.9 Å². The van der Waals surface area contributed by atoms with Crippen LogP contribution in [-0.2, 0) is 12.6 Å². The monoisotopic (exact) mass is 376 g/mol. The van der Waals surface area contributed by atoms with Crippen molar-refractivity contribution in [1.82, 2.24) is 4.98 Å². The van der Waals surface area contributed by atoms with Crippen molar-refractivity contribution in [3.05, 3.63) is 53.6 Å². The summed E-state index contributed by atoms with van der Waals surface area (Å²) in [6.45, 7) is 2.97. The van der Waals surface area contributed by atoms with Gasteiger partial charge in [0.15, 0.2) is 0 Å². The topological polar surface area (TPSA) is 51.0 Å². The molecule has 6 heteroatoms. The SMILES string of the molecule is CCOc1ccccc1-c1[nH]c2ccc(C(F)(F)F)cc2c1CCCCN. The zero-order valence-corrected chi connectivity index (χ0v) is 15.2. The molecule has 0 spiro atoms. The first-order valence-electron chi connectivity index (χ1n) is 9.09. The molecule has 2 aromatic carbocycles. The fourth-order valence-corrected chi connectivity index (χ4v) is 3.31.